The summed E-state index contributed by atoms with van der Waals surface area (Å²) in [5.41, 5.74) is 1.41. The summed E-state index contributed by atoms with van der Waals surface area (Å²) in [6.07, 6.45) is 8.39. The van der Waals surface area contributed by atoms with Crippen LogP contribution < -0.4 is 5.32 Å². The summed E-state index contributed by atoms with van der Waals surface area (Å²) in [5.74, 6) is 2.78. The Balaban J connectivity index is 1.75. The largest absolute Gasteiger partial charge is 0.310 e. The van der Waals surface area contributed by atoms with Gasteiger partial charge in [0, 0.05) is 23.8 Å². The number of benzene rings is 1. The molecule has 0 radical (unpaired) electrons. The molecule has 2 fully saturated rings. The highest BCUT2D eigenvalue weighted by Gasteiger charge is 2.56. The first-order valence-corrected chi connectivity index (χ1v) is 7.96. The molecule has 2 aliphatic rings. The van der Waals surface area contributed by atoms with Crippen molar-refractivity contribution in [3.63, 3.8) is 0 Å². The molecule has 2 aliphatic carbocycles. The number of rotatable bonds is 4. The molecule has 0 saturated heterocycles. The van der Waals surface area contributed by atoms with Crippen LogP contribution in [-0.4, -0.2) is 11.5 Å². The van der Waals surface area contributed by atoms with Gasteiger partial charge in [0.2, 0.25) is 0 Å². The Morgan fingerprint density at radius 1 is 1.20 bits per heavy atom. The minimum absolute atomic E-state index is 0.494. The lowest BCUT2D eigenvalue weighted by Gasteiger charge is -2.21. The SMILES string of the molecule is CCNC(c1cncc2ccccc12)C1C2CCCC21. The van der Waals surface area contributed by atoms with Gasteiger partial charge in [0.25, 0.3) is 0 Å². The van der Waals surface area contributed by atoms with Gasteiger partial charge in [-0.25, -0.2) is 0 Å². The van der Waals surface area contributed by atoms with Gasteiger partial charge in [-0.2, -0.15) is 0 Å². The topological polar surface area (TPSA) is 24.9 Å². The normalized spacial score (nSPS) is 29.4. The summed E-state index contributed by atoms with van der Waals surface area (Å²) in [7, 11) is 0. The van der Waals surface area contributed by atoms with E-state index in [0.29, 0.717) is 6.04 Å². The zero-order valence-corrected chi connectivity index (χ0v) is 12.0. The molecule has 2 heteroatoms. The van der Waals surface area contributed by atoms with Gasteiger partial charge in [0.05, 0.1) is 0 Å². The molecule has 2 aromatic rings. The Kier molecular flexibility index (Phi) is 2.99. The molecule has 4 rings (SSSR count). The van der Waals surface area contributed by atoms with Gasteiger partial charge in [-0.05, 0) is 48.1 Å². The molecule has 104 valence electrons. The highest BCUT2D eigenvalue weighted by Crippen LogP contribution is 2.62. The molecule has 1 N–H and O–H groups in total. The number of nitrogens with one attached hydrogen (secondary N) is 1. The van der Waals surface area contributed by atoms with E-state index < -0.39 is 0 Å². The van der Waals surface area contributed by atoms with E-state index in [1.807, 2.05) is 6.20 Å². The lowest BCUT2D eigenvalue weighted by molar-refractivity contribution is 0.427. The van der Waals surface area contributed by atoms with Crippen LogP contribution in [0.25, 0.3) is 10.8 Å². The zero-order valence-electron chi connectivity index (χ0n) is 12.0. The molecule has 1 aromatic carbocycles. The van der Waals surface area contributed by atoms with E-state index >= 15 is 0 Å². The Bertz CT molecular complexity index is 606. The van der Waals surface area contributed by atoms with E-state index in [9.17, 15) is 0 Å². The molecular formula is C18H22N2. The van der Waals surface area contributed by atoms with E-state index in [-0.39, 0.29) is 0 Å². The predicted molar refractivity (Wildman–Crippen MR) is 82.5 cm³/mol. The fourth-order valence-electron chi connectivity index (χ4n) is 4.43. The van der Waals surface area contributed by atoms with Crippen molar-refractivity contribution in [1.29, 1.82) is 0 Å². The lowest BCUT2D eigenvalue weighted by atomic mass is 9.94. The van der Waals surface area contributed by atoms with Crippen molar-refractivity contribution in [2.24, 2.45) is 17.8 Å². The third kappa shape index (κ3) is 1.86. The molecule has 0 spiro atoms. The average molecular weight is 266 g/mol. The molecule has 1 aromatic heterocycles. The fraction of sp³-hybridized carbons (Fsp3) is 0.500. The first-order chi connectivity index (χ1) is 9.90. The number of pyridine rings is 1. The van der Waals surface area contributed by atoms with E-state index in [0.717, 1.165) is 24.3 Å². The second kappa shape index (κ2) is 4.85. The molecule has 2 saturated carbocycles. The standard InChI is InChI=1S/C18H22N2/c1-2-20-18(17-14-8-5-9-15(14)17)16-11-19-10-12-6-3-4-7-13(12)16/h3-4,6-7,10-11,14-15,17-18,20H,2,5,8-9H2,1H3. The van der Waals surface area contributed by atoms with Crippen molar-refractivity contribution in [2.75, 3.05) is 6.54 Å². The fourth-order valence-corrected chi connectivity index (χ4v) is 4.43. The summed E-state index contributed by atoms with van der Waals surface area (Å²) in [4.78, 5) is 4.48. The van der Waals surface area contributed by atoms with Crippen LogP contribution in [0.4, 0.5) is 0 Å². The quantitative estimate of drug-likeness (QED) is 0.907. The number of hydrogen-bond acceptors (Lipinski definition) is 2. The molecule has 0 aliphatic heterocycles. The van der Waals surface area contributed by atoms with E-state index in [4.69, 9.17) is 0 Å². The first-order valence-electron chi connectivity index (χ1n) is 7.96. The van der Waals surface area contributed by atoms with Gasteiger partial charge < -0.3 is 5.32 Å². The Morgan fingerprint density at radius 3 is 2.80 bits per heavy atom. The summed E-state index contributed by atoms with van der Waals surface area (Å²) >= 11 is 0. The molecule has 0 amide bonds. The van der Waals surface area contributed by atoms with Gasteiger partial charge in [-0.1, -0.05) is 37.6 Å². The van der Waals surface area contributed by atoms with Crippen molar-refractivity contribution in [3.05, 3.63) is 42.2 Å². The second-order valence-electron chi connectivity index (χ2n) is 6.32. The van der Waals surface area contributed by atoms with Crippen molar-refractivity contribution in [2.45, 2.75) is 32.2 Å². The minimum atomic E-state index is 0.494. The average Bonchev–Trinajstić information content (AvgIpc) is 2.95. The van der Waals surface area contributed by atoms with Crippen LogP contribution in [0.2, 0.25) is 0 Å². The van der Waals surface area contributed by atoms with Crippen LogP contribution in [0.1, 0.15) is 37.8 Å². The van der Waals surface area contributed by atoms with Crippen LogP contribution >= 0.6 is 0 Å². The zero-order chi connectivity index (χ0) is 13.5. The third-order valence-corrected chi connectivity index (χ3v) is 5.32. The number of aromatic nitrogens is 1. The molecule has 1 heterocycles. The van der Waals surface area contributed by atoms with Crippen molar-refractivity contribution in [3.8, 4) is 0 Å². The van der Waals surface area contributed by atoms with Crippen LogP contribution in [0.3, 0.4) is 0 Å². The molecule has 2 nitrogen and oxygen atoms in total. The Labute approximate surface area is 120 Å². The van der Waals surface area contributed by atoms with Crippen molar-refractivity contribution in [1.82, 2.24) is 10.3 Å². The van der Waals surface area contributed by atoms with Gasteiger partial charge in [0.1, 0.15) is 0 Å². The number of fused-ring (bicyclic) bond motifs is 2. The summed E-state index contributed by atoms with van der Waals surface area (Å²) in [6.45, 7) is 3.24. The first kappa shape index (κ1) is 12.3. The molecular weight excluding hydrogens is 244 g/mol. The van der Waals surface area contributed by atoms with E-state index in [1.54, 1.807) is 0 Å². The number of hydrogen-bond donors (Lipinski definition) is 1. The van der Waals surface area contributed by atoms with Crippen molar-refractivity contribution < 1.29 is 0 Å². The summed E-state index contributed by atoms with van der Waals surface area (Å²) in [6, 6.07) is 9.15. The van der Waals surface area contributed by atoms with Gasteiger partial charge >= 0.3 is 0 Å². The van der Waals surface area contributed by atoms with Gasteiger partial charge in [-0.3, -0.25) is 4.98 Å². The third-order valence-electron chi connectivity index (χ3n) is 5.32. The second-order valence-corrected chi connectivity index (χ2v) is 6.32. The highest BCUT2D eigenvalue weighted by molar-refractivity contribution is 5.85. The van der Waals surface area contributed by atoms with E-state index in [2.05, 4.69) is 47.7 Å². The minimum Gasteiger partial charge on any atom is -0.310 e. The maximum Gasteiger partial charge on any atom is 0.0375 e. The van der Waals surface area contributed by atoms with Crippen molar-refractivity contribution >= 4 is 10.8 Å². The predicted octanol–water partition coefficient (Wildman–Crippen LogP) is 3.93. The monoisotopic (exact) mass is 266 g/mol. The van der Waals surface area contributed by atoms with Crippen LogP contribution in [0.5, 0.6) is 0 Å². The maximum atomic E-state index is 4.48. The maximum absolute atomic E-state index is 4.48. The van der Waals surface area contributed by atoms with Crippen LogP contribution in [0.15, 0.2) is 36.7 Å². The number of nitrogens with zero attached hydrogens (tertiary/aromatic N) is 1. The van der Waals surface area contributed by atoms with Crippen LogP contribution in [0, 0.1) is 17.8 Å². The Hall–Kier alpha value is -1.41. The lowest BCUT2D eigenvalue weighted by Crippen LogP contribution is -2.24. The smallest absolute Gasteiger partial charge is 0.0375 e. The Morgan fingerprint density at radius 2 is 2.00 bits per heavy atom. The summed E-state index contributed by atoms with van der Waals surface area (Å²) in [5, 5.41) is 6.38. The molecule has 3 atom stereocenters. The van der Waals surface area contributed by atoms with Crippen LogP contribution in [-0.2, 0) is 0 Å². The van der Waals surface area contributed by atoms with E-state index in [1.165, 1.54) is 35.6 Å². The highest BCUT2D eigenvalue weighted by atomic mass is 14.9. The molecule has 20 heavy (non-hydrogen) atoms. The van der Waals surface area contributed by atoms with Gasteiger partial charge in [0.15, 0.2) is 0 Å². The summed E-state index contributed by atoms with van der Waals surface area (Å²) < 4.78 is 0. The van der Waals surface area contributed by atoms with Gasteiger partial charge in [-0.15, -0.1) is 0 Å². The molecule has 0 bridgehead atoms. The molecule has 3 unspecified atom stereocenters.